The van der Waals surface area contributed by atoms with Crippen molar-refractivity contribution in [3.05, 3.63) is 39.8 Å². The van der Waals surface area contributed by atoms with Gasteiger partial charge in [0, 0.05) is 26.7 Å². The van der Waals surface area contributed by atoms with Crippen molar-refractivity contribution in [2.45, 2.75) is 44.6 Å². The zero-order valence-electron chi connectivity index (χ0n) is 16.1. The Bertz CT molecular complexity index is 803. The van der Waals surface area contributed by atoms with E-state index in [0.717, 1.165) is 38.6 Å². The van der Waals surface area contributed by atoms with Gasteiger partial charge >= 0.3 is 12.1 Å². The number of alkyl halides is 3. The second-order valence-electron chi connectivity index (χ2n) is 7.31. The van der Waals surface area contributed by atoms with Gasteiger partial charge in [0.05, 0.1) is 24.5 Å². The highest BCUT2D eigenvalue weighted by Gasteiger charge is 2.38. The molecule has 160 valence electrons. The average Bonchev–Trinajstić information content (AvgIpc) is 3.15. The van der Waals surface area contributed by atoms with Crippen LogP contribution in [0.15, 0.2) is 23.0 Å². The van der Waals surface area contributed by atoms with Crippen molar-refractivity contribution in [2.24, 2.45) is 5.92 Å². The Hall–Kier alpha value is -1.91. The van der Waals surface area contributed by atoms with E-state index in [0.29, 0.717) is 6.04 Å². The first-order valence-electron chi connectivity index (χ1n) is 9.38. The van der Waals surface area contributed by atoms with Crippen LogP contribution in [0.1, 0.15) is 35.7 Å². The Morgan fingerprint density at radius 2 is 2.14 bits per heavy atom. The van der Waals surface area contributed by atoms with Crippen LogP contribution in [-0.4, -0.2) is 52.2 Å². The number of rotatable bonds is 6. The summed E-state index contributed by atoms with van der Waals surface area (Å²) in [5, 5.41) is 16.2. The summed E-state index contributed by atoms with van der Waals surface area (Å²) in [6.45, 7) is 3.92. The lowest BCUT2D eigenvalue weighted by Crippen LogP contribution is -2.38. The molecule has 4 rings (SSSR count). The third kappa shape index (κ3) is 5.80. The number of methoxy groups -OCH3 is 1. The molecule has 0 amide bonds. The Balaban J connectivity index is 0.000000298. The lowest BCUT2D eigenvalue weighted by molar-refractivity contribution is -0.192. The number of aliphatic carboxylic acids is 1. The number of carbonyl (C=O) groups is 1. The number of ether oxygens (including phenoxy) is 1. The fourth-order valence-corrected chi connectivity index (χ4v) is 4.10. The molecule has 1 atom stereocenters. The second kappa shape index (κ2) is 9.27. The van der Waals surface area contributed by atoms with Crippen LogP contribution in [0, 0.1) is 5.92 Å². The van der Waals surface area contributed by atoms with Gasteiger partial charge in [-0.15, -0.1) is 0 Å². The molecule has 2 aliphatic rings. The summed E-state index contributed by atoms with van der Waals surface area (Å²) in [4.78, 5) is 11.5. The van der Waals surface area contributed by atoms with Crippen molar-refractivity contribution < 1.29 is 27.8 Å². The van der Waals surface area contributed by atoms with Crippen molar-refractivity contribution in [3.8, 4) is 0 Å². The monoisotopic (exact) mass is 431 g/mol. The molecule has 10 heteroatoms. The van der Waals surface area contributed by atoms with E-state index in [1.54, 1.807) is 18.4 Å². The van der Waals surface area contributed by atoms with Gasteiger partial charge in [0.1, 0.15) is 0 Å². The molecular weight excluding hydrogens is 407 g/mol. The molecule has 2 aromatic rings. The number of carboxylic acid groups (broad SMARTS) is 1. The number of nitrogens with zero attached hydrogens (tertiary/aromatic N) is 3. The van der Waals surface area contributed by atoms with Crippen molar-refractivity contribution in [1.82, 2.24) is 14.7 Å². The summed E-state index contributed by atoms with van der Waals surface area (Å²) >= 11 is 1.77. The Morgan fingerprint density at radius 3 is 2.69 bits per heavy atom. The Labute approximate surface area is 170 Å². The van der Waals surface area contributed by atoms with Gasteiger partial charge in [0.15, 0.2) is 0 Å². The maximum atomic E-state index is 10.6. The summed E-state index contributed by atoms with van der Waals surface area (Å²) < 4.78 is 39.5. The molecule has 1 aliphatic heterocycles. The normalized spacial score (nSPS) is 19.4. The van der Waals surface area contributed by atoms with Crippen molar-refractivity contribution in [2.75, 3.05) is 20.3 Å². The predicted molar refractivity (Wildman–Crippen MR) is 102 cm³/mol. The minimum atomic E-state index is -5.08. The number of aromatic nitrogens is 2. The van der Waals surface area contributed by atoms with Gasteiger partial charge in [-0.3, -0.25) is 9.58 Å². The van der Waals surface area contributed by atoms with Crippen LogP contribution >= 0.6 is 11.3 Å². The van der Waals surface area contributed by atoms with Crippen molar-refractivity contribution in [1.29, 1.82) is 0 Å². The zero-order chi connectivity index (χ0) is 21.0. The molecule has 1 saturated carbocycles. The third-order valence-electron chi connectivity index (χ3n) is 5.05. The Morgan fingerprint density at radius 1 is 1.41 bits per heavy atom. The van der Waals surface area contributed by atoms with Crippen LogP contribution in [0.25, 0.3) is 0 Å². The van der Waals surface area contributed by atoms with Crippen LogP contribution in [0.2, 0.25) is 0 Å². The van der Waals surface area contributed by atoms with Gasteiger partial charge in [0.25, 0.3) is 0 Å². The molecule has 0 spiro atoms. The highest BCUT2D eigenvalue weighted by molar-refractivity contribution is 7.07. The maximum Gasteiger partial charge on any atom is 0.490 e. The number of hydrogen-bond acceptors (Lipinski definition) is 5. The number of halogens is 3. The van der Waals surface area contributed by atoms with Gasteiger partial charge < -0.3 is 9.84 Å². The molecule has 1 fully saturated rings. The number of thiophene rings is 1. The van der Waals surface area contributed by atoms with Gasteiger partial charge in [-0.1, -0.05) is 0 Å². The van der Waals surface area contributed by atoms with Gasteiger partial charge in [0.2, 0.25) is 0 Å². The first-order valence-corrected chi connectivity index (χ1v) is 10.3. The van der Waals surface area contributed by atoms with Crippen LogP contribution in [0.3, 0.4) is 0 Å². The quantitative estimate of drug-likeness (QED) is 0.755. The zero-order valence-corrected chi connectivity index (χ0v) is 16.9. The van der Waals surface area contributed by atoms with E-state index in [4.69, 9.17) is 14.6 Å². The number of fused-ring (bicyclic) bond motifs is 1. The van der Waals surface area contributed by atoms with Gasteiger partial charge in [-0.05, 0) is 53.1 Å². The van der Waals surface area contributed by atoms with Crippen LogP contribution in [0.5, 0.6) is 0 Å². The van der Waals surface area contributed by atoms with Crippen molar-refractivity contribution >= 4 is 17.3 Å². The number of hydrogen-bond donors (Lipinski definition) is 1. The molecule has 2 aromatic heterocycles. The van der Waals surface area contributed by atoms with E-state index >= 15 is 0 Å². The molecule has 1 aliphatic carbocycles. The van der Waals surface area contributed by atoms with Crippen LogP contribution < -0.4 is 0 Å². The minimum Gasteiger partial charge on any atom is -0.475 e. The fraction of sp³-hybridized carbons (Fsp3) is 0.579. The lowest BCUT2D eigenvalue weighted by Gasteiger charge is -2.36. The first kappa shape index (κ1) is 21.8. The van der Waals surface area contributed by atoms with E-state index in [9.17, 15) is 13.2 Å². The topological polar surface area (TPSA) is 67.6 Å². The van der Waals surface area contributed by atoms with E-state index in [1.165, 1.54) is 29.7 Å². The lowest BCUT2D eigenvalue weighted by atomic mass is 9.99. The molecule has 6 nitrogen and oxygen atoms in total. The fourth-order valence-electron chi connectivity index (χ4n) is 3.44. The molecule has 0 aromatic carbocycles. The summed E-state index contributed by atoms with van der Waals surface area (Å²) in [7, 11) is 1.80. The predicted octanol–water partition coefficient (Wildman–Crippen LogP) is 3.73. The smallest absolute Gasteiger partial charge is 0.475 e. The SMILES string of the molecule is COCC1c2c(cnn2CC2CC2)CCN1Cc1ccsc1.O=C(O)C(F)(F)F. The first-order chi connectivity index (χ1) is 13.8. The summed E-state index contributed by atoms with van der Waals surface area (Å²) in [5.74, 6) is -1.91. The van der Waals surface area contributed by atoms with Crippen LogP contribution in [-0.2, 0) is 29.0 Å². The summed E-state index contributed by atoms with van der Waals surface area (Å²) in [6, 6.07) is 2.56. The van der Waals surface area contributed by atoms with E-state index in [1.807, 2.05) is 0 Å². The van der Waals surface area contributed by atoms with E-state index in [2.05, 4.69) is 37.7 Å². The Kier molecular flexibility index (Phi) is 6.97. The van der Waals surface area contributed by atoms with E-state index in [-0.39, 0.29) is 0 Å². The van der Waals surface area contributed by atoms with Crippen molar-refractivity contribution in [3.63, 3.8) is 0 Å². The standard InChI is InChI=1S/C17H23N3OS.C2HF3O2/c1-21-11-16-17-15(8-18-20(17)10-13-2-3-13)4-6-19(16)9-14-5-7-22-12-14;3-2(4,5)1(6)7/h5,7-8,12-13,16H,2-4,6,9-11H2,1H3;(H,6,7). The number of carboxylic acids is 1. The largest absolute Gasteiger partial charge is 0.490 e. The third-order valence-corrected chi connectivity index (χ3v) is 5.78. The molecule has 0 bridgehead atoms. The summed E-state index contributed by atoms with van der Waals surface area (Å²) in [5.41, 5.74) is 4.22. The van der Waals surface area contributed by atoms with E-state index < -0.39 is 12.1 Å². The molecule has 29 heavy (non-hydrogen) atoms. The average molecular weight is 431 g/mol. The van der Waals surface area contributed by atoms with Gasteiger partial charge in [-0.25, -0.2) is 4.79 Å². The molecule has 3 heterocycles. The molecule has 1 N–H and O–H groups in total. The van der Waals surface area contributed by atoms with Gasteiger partial charge in [-0.2, -0.15) is 29.6 Å². The second-order valence-corrected chi connectivity index (χ2v) is 8.09. The molecule has 0 radical (unpaired) electrons. The van der Waals surface area contributed by atoms with Crippen LogP contribution in [0.4, 0.5) is 13.2 Å². The summed E-state index contributed by atoms with van der Waals surface area (Å²) in [6.07, 6.45) is 0.830. The molecule has 1 unspecified atom stereocenters. The highest BCUT2D eigenvalue weighted by Crippen LogP contribution is 2.35. The maximum absolute atomic E-state index is 10.6. The molecule has 0 saturated heterocycles. The molecular formula is C19H24F3N3O3S. The minimum absolute atomic E-state index is 0.329. The highest BCUT2D eigenvalue weighted by atomic mass is 32.1.